The third-order valence-corrected chi connectivity index (χ3v) is 3.55. The van der Waals surface area contributed by atoms with Crippen molar-refractivity contribution in [1.82, 2.24) is 20.0 Å². The van der Waals surface area contributed by atoms with Gasteiger partial charge in [-0.1, -0.05) is 6.07 Å². The highest BCUT2D eigenvalue weighted by Crippen LogP contribution is 2.04. The molecule has 0 bridgehead atoms. The molecule has 3 rings (SSSR count). The van der Waals surface area contributed by atoms with E-state index in [0.717, 1.165) is 30.9 Å². The van der Waals surface area contributed by atoms with Gasteiger partial charge in [0.1, 0.15) is 5.65 Å². The van der Waals surface area contributed by atoms with Crippen LogP contribution in [0.3, 0.4) is 0 Å². The van der Waals surface area contributed by atoms with Gasteiger partial charge in [0.05, 0.1) is 18.9 Å². The maximum Gasteiger partial charge on any atom is 0.221 e. The second kappa shape index (κ2) is 6.69. The number of fused-ring (bicyclic) bond motifs is 1. The maximum atomic E-state index is 11.8. The molecule has 0 saturated carbocycles. The molecule has 1 amide bonds. The van der Waals surface area contributed by atoms with Crippen LogP contribution < -0.4 is 10.6 Å². The molecule has 2 N–H and O–H groups in total. The number of imidazole rings is 1. The highest BCUT2D eigenvalue weighted by molar-refractivity contribution is 5.76. The number of carbonyl (C=O) groups is 1. The van der Waals surface area contributed by atoms with Gasteiger partial charge in [0, 0.05) is 44.4 Å². The molecule has 6 nitrogen and oxygen atoms in total. The predicted octanol–water partition coefficient (Wildman–Crippen LogP) is 0.372. The van der Waals surface area contributed by atoms with Crippen molar-refractivity contribution in [3.8, 4) is 0 Å². The molecule has 1 atom stereocenters. The van der Waals surface area contributed by atoms with Crippen molar-refractivity contribution >= 4 is 11.6 Å². The van der Waals surface area contributed by atoms with E-state index in [1.165, 1.54) is 0 Å². The van der Waals surface area contributed by atoms with Crippen LogP contribution in [0.2, 0.25) is 0 Å². The van der Waals surface area contributed by atoms with E-state index in [1.807, 2.05) is 35.0 Å². The van der Waals surface area contributed by atoms with Crippen LogP contribution in [0, 0.1) is 0 Å². The van der Waals surface area contributed by atoms with Gasteiger partial charge in [-0.3, -0.25) is 4.79 Å². The Balaban J connectivity index is 1.43. The van der Waals surface area contributed by atoms with Crippen molar-refractivity contribution in [2.24, 2.45) is 0 Å². The van der Waals surface area contributed by atoms with Crippen molar-refractivity contribution in [2.45, 2.75) is 18.9 Å². The number of ether oxygens (including phenoxy) is 1. The molecule has 1 aliphatic rings. The fourth-order valence-corrected chi connectivity index (χ4v) is 2.48. The Labute approximate surface area is 123 Å². The topological polar surface area (TPSA) is 67.7 Å². The van der Waals surface area contributed by atoms with Crippen molar-refractivity contribution in [1.29, 1.82) is 0 Å². The van der Waals surface area contributed by atoms with Crippen LogP contribution in [0.5, 0.6) is 0 Å². The summed E-state index contributed by atoms with van der Waals surface area (Å²) in [6.07, 6.45) is 5.17. The molecule has 0 radical (unpaired) electrons. The molecule has 2 aromatic heterocycles. The van der Waals surface area contributed by atoms with Crippen LogP contribution in [-0.2, 0) is 16.0 Å². The summed E-state index contributed by atoms with van der Waals surface area (Å²) in [6.45, 7) is 2.77. The lowest BCUT2D eigenvalue weighted by atomic mass is 10.2. The number of rotatable bonds is 5. The summed E-state index contributed by atoms with van der Waals surface area (Å²) in [6, 6.07) is 6.04. The summed E-state index contributed by atoms with van der Waals surface area (Å²) in [4.78, 5) is 16.3. The number of aromatic nitrogens is 2. The Kier molecular flexibility index (Phi) is 4.47. The van der Waals surface area contributed by atoms with Gasteiger partial charge in [-0.15, -0.1) is 0 Å². The van der Waals surface area contributed by atoms with E-state index in [1.54, 1.807) is 0 Å². The Hall–Kier alpha value is -1.92. The minimum Gasteiger partial charge on any atom is -0.378 e. The lowest BCUT2D eigenvalue weighted by Crippen LogP contribution is -2.44. The first-order valence-corrected chi connectivity index (χ1v) is 7.32. The molecule has 1 saturated heterocycles. The third-order valence-electron chi connectivity index (χ3n) is 3.55. The lowest BCUT2D eigenvalue weighted by Gasteiger charge is -2.23. The van der Waals surface area contributed by atoms with Crippen LogP contribution in [0.25, 0.3) is 5.65 Å². The molecular weight excluding hydrogens is 268 g/mol. The summed E-state index contributed by atoms with van der Waals surface area (Å²) >= 11 is 0. The van der Waals surface area contributed by atoms with Crippen molar-refractivity contribution < 1.29 is 9.53 Å². The number of hydrogen-bond acceptors (Lipinski definition) is 4. The summed E-state index contributed by atoms with van der Waals surface area (Å²) < 4.78 is 7.32. The standard InChI is InChI=1S/C15H20N4O2/c20-15(9-13-11-21-8-6-16-13)17-5-4-12-10-19-7-2-1-3-14(19)18-12/h1-3,7,10,13,16H,4-6,8-9,11H2,(H,17,20). The lowest BCUT2D eigenvalue weighted by molar-refractivity contribution is -0.122. The molecule has 0 aliphatic carbocycles. The van der Waals surface area contributed by atoms with Crippen LogP contribution in [0.4, 0.5) is 0 Å². The second-order valence-electron chi connectivity index (χ2n) is 5.23. The zero-order chi connectivity index (χ0) is 14.5. The molecule has 1 aliphatic heterocycles. The van der Waals surface area contributed by atoms with E-state index >= 15 is 0 Å². The van der Waals surface area contributed by atoms with Crippen LogP contribution in [0.15, 0.2) is 30.6 Å². The van der Waals surface area contributed by atoms with E-state index in [4.69, 9.17) is 4.74 Å². The first-order valence-electron chi connectivity index (χ1n) is 7.32. The first kappa shape index (κ1) is 14.0. The highest BCUT2D eigenvalue weighted by Gasteiger charge is 2.16. The van der Waals surface area contributed by atoms with Crippen molar-refractivity contribution in [2.75, 3.05) is 26.3 Å². The summed E-state index contributed by atoms with van der Waals surface area (Å²) in [5, 5.41) is 6.21. The predicted molar refractivity (Wildman–Crippen MR) is 79.1 cm³/mol. The van der Waals surface area contributed by atoms with Gasteiger partial charge < -0.3 is 19.8 Å². The van der Waals surface area contributed by atoms with Crippen LogP contribution in [-0.4, -0.2) is 47.6 Å². The van der Waals surface area contributed by atoms with E-state index in [2.05, 4.69) is 15.6 Å². The van der Waals surface area contributed by atoms with Gasteiger partial charge >= 0.3 is 0 Å². The Bertz CT molecular complexity index is 571. The van der Waals surface area contributed by atoms with E-state index in [0.29, 0.717) is 19.6 Å². The van der Waals surface area contributed by atoms with Crippen LogP contribution in [0.1, 0.15) is 12.1 Å². The van der Waals surface area contributed by atoms with Gasteiger partial charge in [0.25, 0.3) is 0 Å². The van der Waals surface area contributed by atoms with Gasteiger partial charge in [0.2, 0.25) is 5.91 Å². The van der Waals surface area contributed by atoms with E-state index in [9.17, 15) is 4.79 Å². The van der Waals surface area contributed by atoms with Gasteiger partial charge in [-0.2, -0.15) is 0 Å². The second-order valence-corrected chi connectivity index (χ2v) is 5.23. The van der Waals surface area contributed by atoms with Gasteiger partial charge in [-0.25, -0.2) is 4.98 Å². The first-order chi connectivity index (χ1) is 10.3. The SMILES string of the molecule is O=C(CC1COCCN1)NCCc1cn2ccccc2n1. The van der Waals surface area contributed by atoms with Gasteiger partial charge in [0.15, 0.2) is 0 Å². The molecule has 112 valence electrons. The summed E-state index contributed by atoms with van der Waals surface area (Å²) in [5.74, 6) is 0.0572. The number of hydrogen-bond donors (Lipinski definition) is 2. The van der Waals surface area contributed by atoms with Crippen molar-refractivity contribution in [3.63, 3.8) is 0 Å². The van der Waals surface area contributed by atoms with E-state index in [-0.39, 0.29) is 11.9 Å². The molecule has 21 heavy (non-hydrogen) atoms. The molecule has 0 spiro atoms. The zero-order valence-electron chi connectivity index (χ0n) is 11.9. The van der Waals surface area contributed by atoms with Crippen molar-refractivity contribution in [3.05, 3.63) is 36.3 Å². The summed E-state index contributed by atoms with van der Waals surface area (Å²) in [7, 11) is 0. The Morgan fingerprint density at radius 1 is 1.52 bits per heavy atom. The quantitative estimate of drug-likeness (QED) is 0.834. The highest BCUT2D eigenvalue weighted by atomic mass is 16.5. The number of morpholine rings is 1. The molecule has 2 aromatic rings. The molecule has 1 fully saturated rings. The van der Waals surface area contributed by atoms with Gasteiger partial charge in [-0.05, 0) is 12.1 Å². The fraction of sp³-hybridized carbons (Fsp3) is 0.467. The average molecular weight is 288 g/mol. The number of amides is 1. The van der Waals surface area contributed by atoms with E-state index < -0.39 is 0 Å². The third kappa shape index (κ3) is 3.80. The maximum absolute atomic E-state index is 11.8. The zero-order valence-corrected chi connectivity index (χ0v) is 11.9. The number of nitrogens with one attached hydrogen (secondary N) is 2. The molecule has 0 aromatic carbocycles. The van der Waals surface area contributed by atoms with Crippen LogP contribution >= 0.6 is 0 Å². The minimum absolute atomic E-state index is 0.0572. The Morgan fingerprint density at radius 2 is 2.48 bits per heavy atom. The molecule has 3 heterocycles. The molecule has 1 unspecified atom stereocenters. The largest absolute Gasteiger partial charge is 0.378 e. The normalized spacial score (nSPS) is 18.8. The minimum atomic E-state index is 0.0572. The fourth-order valence-electron chi connectivity index (χ4n) is 2.48. The average Bonchev–Trinajstić information content (AvgIpc) is 2.91. The molecular formula is C15H20N4O2. The number of nitrogens with zero attached hydrogens (tertiary/aromatic N) is 2. The molecule has 6 heteroatoms. The monoisotopic (exact) mass is 288 g/mol. The number of carbonyl (C=O) groups excluding carboxylic acids is 1. The Morgan fingerprint density at radius 3 is 3.29 bits per heavy atom. The summed E-state index contributed by atoms with van der Waals surface area (Å²) in [5.41, 5.74) is 1.92. The smallest absolute Gasteiger partial charge is 0.221 e. The number of pyridine rings is 1.